The Morgan fingerprint density at radius 3 is 1.96 bits per heavy atom. The van der Waals surface area contributed by atoms with Gasteiger partial charge in [-0.3, -0.25) is 14.9 Å². The fraction of sp³-hybridized carbons (Fsp3) is 0.431. The van der Waals surface area contributed by atoms with E-state index < -0.39 is 53.3 Å². The van der Waals surface area contributed by atoms with E-state index in [2.05, 4.69) is 10.6 Å². The van der Waals surface area contributed by atoms with Crippen LogP contribution in [-0.4, -0.2) is 101 Å². The lowest BCUT2D eigenvalue weighted by molar-refractivity contribution is 0.0645. The van der Waals surface area contributed by atoms with Gasteiger partial charge in [0.2, 0.25) is 0 Å². The van der Waals surface area contributed by atoms with Gasteiger partial charge in [0.15, 0.2) is 0 Å². The molecular weight excluding hydrogens is 887 g/mol. The molecule has 0 aliphatic heterocycles. The Morgan fingerprint density at radius 2 is 1.37 bits per heavy atom. The molecule has 3 amide bonds. The number of ether oxygens (including phenoxy) is 1. The molecule has 0 saturated heterocycles. The Hall–Kier alpha value is -6.33. The van der Waals surface area contributed by atoms with Crippen LogP contribution in [0.2, 0.25) is 0 Å². The van der Waals surface area contributed by atoms with Crippen molar-refractivity contribution in [2.24, 2.45) is 5.73 Å². The van der Waals surface area contributed by atoms with E-state index in [0.29, 0.717) is 55.7 Å². The monoisotopic (exact) mass is 949 g/mol. The minimum absolute atomic E-state index is 0.0122. The molecule has 4 aromatic rings. The molecule has 0 radical (unpaired) electrons. The molecule has 0 heterocycles. The predicted octanol–water partition coefficient (Wildman–Crippen LogP) is 9.49. The SMILES string of the molecule is CCCN(CCC)C(=O)c1cc(C)cc(C(=O)O)c1[C@H](CNCCOC(=O)Nc1ccc(F)cc1F)[C@@H](N)Cc1cc(F)cc(F)c1.CCN(C(=O)c1cc(C)cc(C(=O)O)c1)C1CCCCC1. The molecule has 13 nitrogen and oxygen atoms in total. The lowest BCUT2D eigenvalue weighted by atomic mass is 9.81. The van der Waals surface area contributed by atoms with E-state index in [1.165, 1.54) is 31.4 Å². The summed E-state index contributed by atoms with van der Waals surface area (Å²) in [6, 6.07) is 12.9. The highest BCUT2D eigenvalue weighted by Crippen LogP contribution is 2.31. The van der Waals surface area contributed by atoms with Crippen LogP contribution in [-0.2, 0) is 11.2 Å². The van der Waals surface area contributed by atoms with E-state index in [0.717, 1.165) is 48.7 Å². The van der Waals surface area contributed by atoms with Crippen molar-refractivity contribution in [1.82, 2.24) is 15.1 Å². The summed E-state index contributed by atoms with van der Waals surface area (Å²) in [6.07, 6.45) is 5.99. The second kappa shape index (κ2) is 26.3. The van der Waals surface area contributed by atoms with Crippen LogP contribution < -0.4 is 16.4 Å². The summed E-state index contributed by atoms with van der Waals surface area (Å²) >= 11 is 0. The van der Waals surface area contributed by atoms with Crippen molar-refractivity contribution < 1.29 is 56.5 Å². The Bertz CT molecular complexity index is 2370. The van der Waals surface area contributed by atoms with Gasteiger partial charge < -0.3 is 35.8 Å². The Labute approximate surface area is 395 Å². The van der Waals surface area contributed by atoms with Crippen LogP contribution in [0, 0.1) is 37.1 Å². The van der Waals surface area contributed by atoms with Gasteiger partial charge in [-0.25, -0.2) is 31.9 Å². The van der Waals surface area contributed by atoms with Gasteiger partial charge in [0.25, 0.3) is 11.8 Å². The third-order valence-corrected chi connectivity index (χ3v) is 11.6. The van der Waals surface area contributed by atoms with Crippen LogP contribution in [0.1, 0.15) is 135 Å². The Morgan fingerprint density at radius 1 is 0.750 bits per heavy atom. The van der Waals surface area contributed by atoms with Crippen LogP contribution in [0.4, 0.5) is 28.0 Å². The number of nitrogens with zero attached hydrogens (tertiary/aromatic N) is 2. The van der Waals surface area contributed by atoms with Gasteiger partial charge >= 0.3 is 18.0 Å². The molecule has 0 spiro atoms. The first-order valence-electron chi connectivity index (χ1n) is 23.0. The number of amides is 3. The fourth-order valence-corrected chi connectivity index (χ4v) is 8.55. The van der Waals surface area contributed by atoms with Crippen molar-refractivity contribution in [3.63, 3.8) is 0 Å². The van der Waals surface area contributed by atoms with Crippen molar-refractivity contribution in [1.29, 1.82) is 0 Å². The molecule has 1 aliphatic rings. The molecule has 368 valence electrons. The van der Waals surface area contributed by atoms with Crippen LogP contribution in [0.5, 0.6) is 0 Å². The molecule has 0 unspecified atom stereocenters. The summed E-state index contributed by atoms with van der Waals surface area (Å²) in [7, 11) is 0. The number of rotatable bonds is 20. The summed E-state index contributed by atoms with van der Waals surface area (Å²) in [5, 5.41) is 24.6. The maximum absolute atomic E-state index is 14.0. The normalized spacial score (nSPS) is 13.4. The van der Waals surface area contributed by atoms with E-state index in [1.807, 2.05) is 32.6 Å². The largest absolute Gasteiger partial charge is 0.478 e. The predicted molar refractivity (Wildman–Crippen MR) is 251 cm³/mol. The first-order chi connectivity index (χ1) is 32.4. The van der Waals surface area contributed by atoms with Crippen molar-refractivity contribution >= 4 is 35.5 Å². The van der Waals surface area contributed by atoms with E-state index >= 15 is 0 Å². The van der Waals surface area contributed by atoms with Gasteiger partial charge in [-0.2, -0.15) is 0 Å². The highest BCUT2D eigenvalue weighted by atomic mass is 19.1. The van der Waals surface area contributed by atoms with Crippen molar-refractivity contribution in [2.75, 3.05) is 44.6 Å². The van der Waals surface area contributed by atoms with E-state index in [4.69, 9.17) is 15.6 Å². The summed E-state index contributed by atoms with van der Waals surface area (Å²) < 4.78 is 60.2. The Kier molecular flexibility index (Phi) is 21.0. The number of aryl methyl sites for hydroxylation is 2. The molecule has 17 heteroatoms. The quantitative estimate of drug-likeness (QED) is 0.0421. The van der Waals surface area contributed by atoms with E-state index in [9.17, 15) is 46.6 Å². The average molecular weight is 950 g/mol. The number of anilines is 1. The molecular formula is C51H63F4N5O8. The minimum Gasteiger partial charge on any atom is -0.478 e. The second-order valence-electron chi connectivity index (χ2n) is 17.0. The number of hydrogen-bond donors (Lipinski definition) is 5. The van der Waals surface area contributed by atoms with Crippen LogP contribution in [0.3, 0.4) is 0 Å². The van der Waals surface area contributed by atoms with E-state index in [1.54, 1.807) is 30.0 Å². The zero-order chi connectivity index (χ0) is 50.1. The van der Waals surface area contributed by atoms with Gasteiger partial charge in [-0.15, -0.1) is 0 Å². The summed E-state index contributed by atoms with van der Waals surface area (Å²) in [6.45, 7) is 10.7. The molecule has 0 aromatic heterocycles. The number of nitrogens with one attached hydrogen (secondary N) is 2. The number of carbonyl (C=O) groups excluding carboxylic acids is 3. The van der Waals surface area contributed by atoms with Crippen LogP contribution in [0.25, 0.3) is 0 Å². The molecule has 1 aliphatic carbocycles. The van der Waals surface area contributed by atoms with Crippen molar-refractivity contribution in [3.05, 3.63) is 135 Å². The topological polar surface area (TPSA) is 192 Å². The highest BCUT2D eigenvalue weighted by Gasteiger charge is 2.32. The number of carbonyl (C=O) groups is 5. The molecule has 68 heavy (non-hydrogen) atoms. The van der Waals surface area contributed by atoms with Gasteiger partial charge in [-0.1, -0.05) is 33.1 Å². The maximum atomic E-state index is 14.0. The second-order valence-corrected chi connectivity index (χ2v) is 17.0. The number of carboxylic acids is 2. The number of halogens is 4. The van der Waals surface area contributed by atoms with Gasteiger partial charge in [0.1, 0.15) is 29.9 Å². The van der Waals surface area contributed by atoms with Gasteiger partial charge in [0, 0.05) is 74.0 Å². The lowest BCUT2D eigenvalue weighted by Gasteiger charge is -2.33. The number of benzene rings is 4. The zero-order valence-electron chi connectivity index (χ0n) is 39.3. The Balaban J connectivity index is 0.000000398. The molecule has 5 rings (SSSR count). The summed E-state index contributed by atoms with van der Waals surface area (Å²) in [5.41, 5.74) is 8.85. The fourth-order valence-electron chi connectivity index (χ4n) is 8.55. The third-order valence-electron chi connectivity index (χ3n) is 11.6. The molecule has 4 aromatic carbocycles. The van der Waals surface area contributed by atoms with Crippen LogP contribution >= 0.6 is 0 Å². The molecule has 2 atom stereocenters. The van der Waals surface area contributed by atoms with Crippen molar-refractivity contribution in [2.45, 2.75) is 104 Å². The highest BCUT2D eigenvalue weighted by molar-refractivity contribution is 6.01. The number of aromatic carboxylic acids is 2. The minimum atomic E-state index is -1.28. The standard InChI is InChI=1S/C34H40F4N4O5.C17H23NO3/c1-4-9-42(10-5-2)32(43)25-12-20(3)13-26(33(44)45)31(25)27(29(39)16-21-14-23(36)17-24(37)15-21)19-40-8-11-47-34(46)41-30-7-6-22(35)18-28(30)38;1-3-18(15-7-5-4-6-8-15)16(19)13-9-12(2)10-14(11-13)17(20)21/h6-7,12-15,17-18,27,29,40H,4-5,8-11,16,19,39H2,1-3H3,(H,41,46)(H,44,45);9-11,15H,3-8H2,1-2H3,(H,20,21)/t27-,29+;/m1./s1. The lowest BCUT2D eigenvalue weighted by Crippen LogP contribution is -2.41. The molecule has 1 fully saturated rings. The van der Waals surface area contributed by atoms with Crippen molar-refractivity contribution in [3.8, 4) is 0 Å². The zero-order valence-corrected chi connectivity index (χ0v) is 39.3. The van der Waals surface area contributed by atoms with Crippen LogP contribution in [0.15, 0.2) is 66.7 Å². The smallest absolute Gasteiger partial charge is 0.411 e. The summed E-state index contributed by atoms with van der Waals surface area (Å²) in [4.78, 5) is 66.1. The first-order valence-corrected chi connectivity index (χ1v) is 23.0. The number of nitrogens with two attached hydrogens (primary N) is 1. The molecule has 1 saturated carbocycles. The van der Waals surface area contributed by atoms with E-state index in [-0.39, 0.29) is 71.4 Å². The first kappa shape index (κ1) is 54.3. The van der Waals surface area contributed by atoms with Gasteiger partial charge in [-0.05, 0) is 130 Å². The number of carboxylic acid groups (broad SMARTS) is 2. The third kappa shape index (κ3) is 15.6. The summed E-state index contributed by atoms with van der Waals surface area (Å²) in [5.74, 6) is -6.94. The van der Waals surface area contributed by atoms with Gasteiger partial charge in [0.05, 0.1) is 16.8 Å². The number of hydrogen-bond acceptors (Lipinski definition) is 8. The average Bonchev–Trinajstić information content (AvgIpc) is 3.28. The molecule has 6 N–H and O–H groups in total. The molecule has 0 bridgehead atoms. The maximum Gasteiger partial charge on any atom is 0.411 e.